The molecule has 170 valence electrons. The lowest BCUT2D eigenvalue weighted by Gasteiger charge is -2.36. The summed E-state index contributed by atoms with van der Waals surface area (Å²) in [4.78, 5) is 22.3. The lowest BCUT2D eigenvalue weighted by atomic mass is 9.97. The largest absolute Gasteiger partial charge is 0.355 e. The van der Waals surface area contributed by atoms with Gasteiger partial charge < -0.3 is 26.6 Å². The van der Waals surface area contributed by atoms with E-state index in [1.165, 1.54) is 0 Å². The first-order chi connectivity index (χ1) is 14.9. The minimum atomic E-state index is -0.508. The Labute approximate surface area is 184 Å². The van der Waals surface area contributed by atoms with E-state index in [1.54, 1.807) is 0 Å². The van der Waals surface area contributed by atoms with Crippen molar-refractivity contribution in [3.05, 3.63) is 23.5 Å². The van der Waals surface area contributed by atoms with Crippen LogP contribution in [0.5, 0.6) is 0 Å². The van der Waals surface area contributed by atoms with Gasteiger partial charge in [-0.15, -0.1) is 0 Å². The maximum absolute atomic E-state index is 13.2. The minimum Gasteiger partial charge on any atom is -0.355 e. The number of carbonyl (C=O) groups is 1. The molecule has 2 aromatic heterocycles. The lowest BCUT2D eigenvalue weighted by molar-refractivity contribution is -0.136. The third-order valence-corrected chi connectivity index (χ3v) is 6.69. The van der Waals surface area contributed by atoms with Crippen molar-refractivity contribution in [3.8, 4) is 0 Å². The highest BCUT2D eigenvalue weighted by atomic mass is 16.2. The zero-order valence-electron chi connectivity index (χ0n) is 18.9. The number of nitrogens with one attached hydrogen (secondary N) is 1. The summed E-state index contributed by atoms with van der Waals surface area (Å²) < 4.78 is 1.84. The number of hydrogen-bond acceptors (Lipinski definition) is 7. The number of carbonyl (C=O) groups excluding carboxylic acids is 1. The van der Waals surface area contributed by atoms with Crippen LogP contribution in [0, 0.1) is 6.92 Å². The topological polar surface area (TPSA) is 118 Å². The third kappa shape index (κ3) is 4.53. The number of nitrogens with zero attached hydrogens (tertiary/aromatic N) is 5. The molecule has 2 unspecified atom stereocenters. The summed E-state index contributed by atoms with van der Waals surface area (Å²) in [5.41, 5.74) is 15.2. The Kier molecular flexibility index (Phi) is 6.45. The molecule has 2 aliphatic heterocycles. The second-order valence-electron chi connectivity index (χ2n) is 9.19. The van der Waals surface area contributed by atoms with E-state index in [-0.39, 0.29) is 24.0 Å². The molecule has 0 bridgehead atoms. The molecular formula is C22H36N8O. The van der Waals surface area contributed by atoms with Crippen molar-refractivity contribution in [1.29, 1.82) is 0 Å². The number of rotatable bonds is 6. The molecule has 2 aliphatic rings. The van der Waals surface area contributed by atoms with Gasteiger partial charge in [0.25, 0.3) is 0 Å². The highest BCUT2D eigenvalue weighted by Crippen LogP contribution is 2.32. The summed E-state index contributed by atoms with van der Waals surface area (Å²) in [6.45, 7) is 6.59. The summed E-state index contributed by atoms with van der Waals surface area (Å²) in [5.74, 6) is 0.992. The van der Waals surface area contributed by atoms with Crippen LogP contribution in [0.15, 0.2) is 12.3 Å². The van der Waals surface area contributed by atoms with Crippen molar-refractivity contribution in [2.45, 2.75) is 70.1 Å². The lowest BCUT2D eigenvalue weighted by Crippen LogP contribution is -2.49. The number of hydrogen-bond donors (Lipinski definition) is 3. The van der Waals surface area contributed by atoms with Crippen molar-refractivity contribution in [2.75, 3.05) is 31.6 Å². The molecule has 31 heavy (non-hydrogen) atoms. The summed E-state index contributed by atoms with van der Waals surface area (Å²) >= 11 is 0. The summed E-state index contributed by atoms with van der Waals surface area (Å²) in [6.07, 6.45) is 6.61. The van der Waals surface area contributed by atoms with Crippen molar-refractivity contribution in [2.24, 2.45) is 11.5 Å². The molecule has 9 nitrogen and oxygen atoms in total. The fourth-order valence-corrected chi connectivity index (χ4v) is 4.80. The average molecular weight is 429 g/mol. The van der Waals surface area contributed by atoms with Crippen molar-refractivity contribution >= 4 is 17.4 Å². The first-order valence-corrected chi connectivity index (χ1v) is 11.5. The standard InChI is InChI=1S/C22H36N8O/c1-14-12-30-20(26-21(14)28-9-7-16(23)13-28)11-18(27-30)19-6-4-5-8-29(19)22(31)17(24)10-15(2)25-3/h11-12,15-17,19,25H,4-10,13,23-24H2,1-3H3/t15?,16-,17?,19-/m0/s1. The van der Waals surface area contributed by atoms with Crippen LogP contribution in [0.2, 0.25) is 0 Å². The maximum Gasteiger partial charge on any atom is 0.240 e. The van der Waals surface area contributed by atoms with Crippen LogP contribution in [0.1, 0.15) is 56.3 Å². The molecule has 0 spiro atoms. The molecule has 0 saturated carbocycles. The molecule has 2 saturated heterocycles. The van der Waals surface area contributed by atoms with E-state index in [2.05, 4.69) is 17.1 Å². The second-order valence-corrected chi connectivity index (χ2v) is 9.19. The van der Waals surface area contributed by atoms with Crippen LogP contribution in [-0.2, 0) is 4.79 Å². The van der Waals surface area contributed by atoms with Crippen LogP contribution in [0.3, 0.4) is 0 Å². The van der Waals surface area contributed by atoms with Gasteiger partial charge in [-0.1, -0.05) is 0 Å². The number of likely N-dealkylation sites (tertiary alicyclic amines) is 1. The van der Waals surface area contributed by atoms with Gasteiger partial charge in [0.05, 0.1) is 17.8 Å². The Balaban J connectivity index is 1.59. The van der Waals surface area contributed by atoms with Crippen LogP contribution in [0.25, 0.3) is 5.65 Å². The fourth-order valence-electron chi connectivity index (χ4n) is 4.80. The molecule has 2 fully saturated rings. The Morgan fingerprint density at radius 1 is 1.32 bits per heavy atom. The minimum absolute atomic E-state index is 0.0136. The first kappa shape index (κ1) is 22.0. The third-order valence-electron chi connectivity index (χ3n) is 6.69. The number of aryl methyl sites for hydroxylation is 1. The monoisotopic (exact) mass is 428 g/mol. The van der Waals surface area contributed by atoms with Gasteiger partial charge in [-0.05, 0) is 53.0 Å². The molecule has 4 heterocycles. The molecule has 4 rings (SSSR count). The number of piperidine rings is 1. The van der Waals surface area contributed by atoms with E-state index in [1.807, 2.05) is 35.6 Å². The normalized spacial score (nSPS) is 24.0. The highest BCUT2D eigenvalue weighted by Gasteiger charge is 2.33. The van der Waals surface area contributed by atoms with Crippen LogP contribution in [0.4, 0.5) is 5.82 Å². The van der Waals surface area contributed by atoms with E-state index >= 15 is 0 Å². The number of anilines is 1. The van der Waals surface area contributed by atoms with Gasteiger partial charge in [-0.3, -0.25) is 4.79 Å². The van der Waals surface area contributed by atoms with Crippen LogP contribution in [-0.4, -0.2) is 70.2 Å². The van der Waals surface area contributed by atoms with Crippen LogP contribution < -0.4 is 21.7 Å². The molecule has 0 aromatic carbocycles. The predicted molar refractivity (Wildman–Crippen MR) is 122 cm³/mol. The van der Waals surface area contributed by atoms with Crippen LogP contribution >= 0.6 is 0 Å². The van der Waals surface area contributed by atoms with Gasteiger partial charge in [0, 0.05) is 49.5 Å². The van der Waals surface area contributed by atoms with Gasteiger partial charge in [0.15, 0.2) is 5.65 Å². The van der Waals surface area contributed by atoms with E-state index in [0.29, 0.717) is 6.42 Å². The Hall–Kier alpha value is -2.23. The van der Waals surface area contributed by atoms with E-state index < -0.39 is 6.04 Å². The summed E-state index contributed by atoms with van der Waals surface area (Å²) in [7, 11) is 1.89. The Morgan fingerprint density at radius 2 is 2.13 bits per heavy atom. The SMILES string of the molecule is CNC(C)CC(N)C(=O)N1CCCC[C@H]1c1cc2nc(N3CC[C@H](N)C3)c(C)cn2n1. The molecule has 9 heteroatoms. The number of aromatic nitrogens is 3. The van der Waals surface area contributed by atoms with E-state index in [0.717, 1.165) is 68.0 Å². The van der Waals surface area contributed by atoms with E-state index in [4.69, 9.17) is 21.5 Å². The van der Waals surface area contributed by atoms with Crippen molar-refractivity contribution in [1.82, 2.24) is 24.8 Å². The molecule has 0 aliphatic carbocycles. The van der Waals surface area contributed by atoms with Gasteiger partial charge >= 0.3 is 0 Å². The predicted octanol–water partition coefficient (Wildman–Crippen LogP) is 0.954. The quantitative estimate of drug-likeness (QED) is 0.627. The number of amides is 1. The molecule has 1 amide bonds. The molecule has 2 aromatic rings. The van der Waals surface area contributed by atoms with Gasteiger partial charge in [0.1, 0.15) is 5.82 Å². The summed E-state index contributed by atoms with van der Waals surface area (Å²) in [5, 5.41) is 7.98. The average Bonchev–Trinajstić information content (AvgIpc) is 3.38. The molecule has 4 atom stereocenters. The Bertz CT molecular complexity index is 928. The number of fused-ring (bicyclic) bond motifs is 1. The molecular weight excluding hydrogens is 392 g/mol. The zero-order chi connectivity index (χ0) is 22.1. The fraction of sp³-hybridized carbons (Fsp3) is 0.682. The van der Waals surface area contributed by atoms with E-state index in [9.17, 15) is 4.79 Å². The summed E-state index contributed by atoms with van der Waals surface area (Å²) in [6, 6.07) is 1.86. The molecule has 5 N–H and O–H groups in total. The molecule has 0 radical (unpaired) electrons. The van der Waals surface area contributed by atoms with Crippen molar-refractivity contribution in [3.63, 3.8) is 0 Å². The first-order valence-electron chi connectivity index (χ1n) is 11.5. The van der Waals surface area contributed by atoms with Gasteiger partial charge in [0.2, 0.25) is 5.91 Å². The number of nitrogens with two attached hydrogens (primary N) is 2. The van der Waals surface area contributed by atoms with Gasteiger partial charge in [-0.2, -0.15) is 5.10 Å². The zero-order valence-corrected chi connectivity index (χ0v) is 18.9. The Morgan fingerprint density at radius 3 is 2.84 bits per heavy atom. The highest BCUT2D eigenvalue weighted by molar-refractivity contribution is 5.82. The smallest absolute Gasteiger partial charge is 0.240 e. The van der Waals surface area contributed by atoms with Crippen molar-refractivity contribution < 1.29 is 4.79 Å². The second kappa shape index (κ2) is 9.10. The maximum atomic E-state index is 13.2. The van der Waals surface area contributed by atoms with Gasteiger partial charge in [-0.25, -0.2) is 9.50 Å².